The smallest absolute Gasteiger partial charge is 0.129 e. The number of hydrogen-bond acceptors (Lipinski definition) is 2. The van der Waals surface area contributed by atoms with Crippen LogP contribution in [0.2, 0.25) is 0 Å². The number of unbranched alkanes of at least 4 members (excludes halogenated alkanes) is 2. The van der Waals surface area contributed by atoms with E-state index in [1.54, 1.807) is 6.92 Å². The topological polar surface area (TPSA) is 26.3 Å². The Morgan fingerprint density at radius 3 is 2.53 bits per heavy atom. The summed E-state index contributed by atoms with van der Waals surface area (Å²) in [4.78, 5) is 10.7. The van der Waals surface area contributed by atoms with E-state index in [2.05, 4.69) is 24.3 Å². The molecule has 17 heavy (non-hydrogen) atoms. The van der Waals surface area contributed by atoms with Gasteiger partial charge in [0.05, 0.1) is 6.61 Å². The summed E-state index contributed by atoms with van der Waals surface area (Å²) in [7, 11) is 0. The Kier molecular flexibility index (Phi) is 7.32. The van der Waals surface area contributed by atoms with Crippen molar-refractivity contribution in [1.29, 1.82) is 0 Å². The molecule has 0 aliphatic carbocycles. The Morgan fingerprint density at radius 1 is 1.06 bits per heavy atom. The van der Waals surface area contributed by atoms with Crippen molar-refractivity contribution in [2.75, 3.05) is 13.2 Å². The van der Waals surface area contributed by atoms with Gasteiger partial charge in [-0.3, -0.25) is 0 Å². The normalized spacial score (nSPS) is 10.4. The molecule has 1 aromatic carbocycles. The van der Waals surface area contributed by atoms with Gasteiger partial charge >= 0.3 is 0 Å². The molecule has 1 rings (SSSR count). The zero-order valence-electron chi connectivity index (χ0n) is 10.7. The van der Waals surface area contributed by atoms with Gasteiger partial charge in [-0.1, -0.05) is 36.8 Å². The van der Waals surface area contributed by atoms with Crippen LogP contribution in [0, 0.1) is 0 Å². The highest BCUT2D eigenvalue weighted by Gasteiger charge is 1.95. The van der Waals surface area contributed by atoms with Crippen LogP contribution in [0.25, 0.3) is 0 Å². The van der Waals surface area contributed by atoms with Crippen LogP contribution in [-0.2, 0) is 16.0 Å². The molecule has 1 aromatic rings. The van der Waals surface area contributed by atoms with Gasteiger partial charge in [0.25, 0.3) is 0 Å². The van der Waals surface area contributed by atoms with Crippen molar-refractivity contribution < 1.29 is 9.53 Å². The number of hydrogen-bond donors (Lipinski definition) is 0. The molecular weight excluding hydrogens is 212 g/mol. The van der Waals surface area contributed by atoms with E-state index in [-0.39, 0.29) is 5.78 Å². The lowest BCUT2D eigenvalue weighted by Gasteiger charge is -2.04. The van der Waals surface area contributed by atoms with Crippen molar-refractivity contribution in [3.8, 4) is 0 Å². The molecule has 0 amide bonds. The number of benzene rings is 1. The monoisotopic (exact) mass is 234 g/mol. The molecule has 0 aliphatic rings. The number of Topliss-reactive ketones (excluding diaryl/α,β-unsaturated/α-hetero) is 1. The molecule has 0 N–H and O–H groups in total. The van der Waals surface area contributed by atoms with Crippen molar-refractivity contribution in [3.63, 3.8) is 0 Å². The minimum atomic E-state index is 0.287. The van der Waals surface area contributed by atoms with Crippen LogP contribution in [0.15, 0.2) is 30.3 Å². The summed E-state index contributed by atoms with van der Waals surface area (Å²) in [6.45, 7) is 3.25. The summed E-state index contributed by atoms with van der Waals surface area (Å²) in [6, 6.07) is 10.4. The zero-order chi connectivity index (χ0) is 12.3. The van der Waals surface area contributed by atoms with Crippen LogP contribution in [-0.4, -0.2) is 19.0 Å². The van der Waals surface area contributed by atoms with Gasteiger partial charge in [0.2, 0.25) is 0 Å². The first-order valence-corrected chi connectivity index (χ1v) is 6.40. The summed E-state index contributed by atoms with van der Waals surface area (Å²) >= 11 is 0. The van der Waals surface area contributed by atoms with Gasteiger partial charge in [-0.05, 0) is 31.7 Å². The molecular formula is C15H22O2. The highest BCUT2D eigenvalue weighted by molar-refractivity contribution is 5.75. The maximum atomic E-state index is 10.7. The number of ether oxygens (including phenoxy) is 1. The highest BCUT2D eigenvalue weighted by atomic mass is 16.5. The molecule has 0 aromatic heterocycles. The van der Waals surface area contributed by atoms with E-state index in [9.17, 15) is 4.79 Å². The van der Waals surface area contributed by atoms with Gasteiger partial charge in [-0.25, -0.2) is 0 Å². The van der Waals surface area contributed by atoms with E-state index in [4.69, 9.17) is 4.74 Å². The SMILES string of the molecule is CC(=O)CCCCCOCCc1ccccc1. The van der Waals surface area contributed by atoms with Crippen LogP contribution in [0.5, 0.6) is 0 Å². The van der Waals surface area contributed by atoms with Crippen molar-refractivity contribution in [1.82, 2.24) is 0 Å². The average molecular weight is 234 g/mol. The molecule has 2 heteroatoms. The molecule has 0 saturated carbocycles. The van der Waals surface area contributed by atoms with E-state index in [1.807, 2.05) is 6.07 Å². The first-order chi connectivity index (χ1) is 8.29. The zero-order valence-corrected chi connectivity index (χ0v) is 10.7. The molecule has 0 fully saturated rings. The minimum absolute atomic E-state index is 0.287. The second kappa shape index (κ2) is 8.94. The number of ketones is 1. The molecule has 0 atom stereocenters. The fourth-order valence-electron chi connectivity index (χ4n) is 1.69. The number of carbonyl (C=O) groups is 1. The van der Waals surface area contributed by atoms with E-state index >= 15 is 0 Å². The van der Waals surface area contributed by atoms with Crippen molar-refractivity contribution in [2.45, 2.75) is 39.0 Å². The Morgan fingerprint density at radius 2 is 1.82 bits per heavy atom. The first-order valence-electron chi connectivity index (χ1n) is 6.40. The van der Waals surface area contributed by atoms with Gasteiger partial charge in [0.15, 0.2) is 0 Å². The number of carbonyl (C=O) groups excluding carboxylic acids is 1. The lowest BCUT2D eigenvalue weighted by Crippen LogP contribution is -2.00. The van der Waals surface area contributed by atoms with Crippen molar-refractivity contribution in [2.24, 2.45) is 0 Å². The lowest BCUT2D eigenvalue weighted by molar-refractivity contribution is -0.117. The van der Waals surface area contributed by atoms with E-state index < -0.39 is 0 Å². The predicted octanol–water partition coefficient (Wildman–Crippen LogP) is 3.40. The van der Waals surface area contributed by atoms with Gasteiger partial charge in [-0.15, -0.1) is 0 Å². The molecule has 0 radical (unpaired) electrons. The third kappa shape index (κ3) is 7.70. The van der Waals surface area contributed by atoms with E-state index in [1.165, 1.54) is 5.56 Å². The van der Waals surface area contributed by atoms with Crippen LogP contribution >= 0.6 is 0 Å². The third-order valence-electron chi connectivity index (χ3n) is 2.70. The molecule has 94 valence electrons. The quantitative estimate of drug-likeness (QED) is 0.612. The van der Waals surface area contributed by atoms with Crippen molar-refractivity contribution >= 4 is 5.78 Å². The third-order valence-corrected chi connectivity index (χ3v) is 2.70. The lowest BCUT2D eigenvalue weighted by atomic mass is 10.1. The highest BCUT2D eigenvalue weighted by Crippen LogP contribution is 2.02. The Hall–Kier alpha value is -1.15. The largest absolute Gasteiger partial charge is 0.381 e. The minimum Gasteiger partial charge on any atom is -0.381 e. The Labute approximate surface area is 104 Å². The van der Waals surface area contributed by atoms with Crippen LogP contribution in [0.4, 0.5) is 0 Å². The predicted molar refractivity (Wildman–Crippen MR) is 70.1 cm³/mol. The number of rotatable bonds is 9. The molecule has 2 nitrogen and oxygen atoms in total. The molecule has 0 heterocycles. The molecule has 0 saturated heterocycles. The van der Waals surface area contributed by atoms with Gasteiger partial charge in [0.1, 0.15) is 5.78 Å². The standard InChI is InChI=1S/C15H22O2/c1-14(16)8-4-3-7-12-17-13-11-15-9-5-2-6-10-15/h2,5-6,9-10H,3-4,7-8,11-13H2,1H3. The summed E-state index contributed by atoms with van der Waals surface area (Å²) in [5.74, 6) is 0.287. The summed E-state index contributed by atoms with van der Waals surface area (Å²) in [5.41, 5.74) is 1.32. The van der Waals surface area contributed by atoms with Crippen LogP contribution < -0.4 is 0 Å². The van der Waals surface area contributed by atoms with Gasteiger partial charge in [-0.2, -0.15) is 0 Å². The fraction of sp³-hybridized carbons (Fsp3) is 0.533. The molecule has 0 unspecified atom stereocenters. The second-order valence-corrected chi connectivity index (χ2v) is 4.36. The first kappa shape index (κ1) is 13.9. The average Bonchev–Trinajstić information content (AvgIpc) is 2.33. The molecule has 0 aliphatic heterocycles. The van der Waals surface area contributed by atoms with Crippen molar-refractivity contribution in [3.05, 3.63) is 35.9 Å². The van der Waals surface area contributed by atoms with E-state index in [0.717, 1.165) is 38.9 Å². The Bertz CT molecular complexity index is 306. The molecule has 0 bridgehead atoms. The van der Waals surface area contributed by atoms with E-state index in [0.29, 0.717) is 6.42 Å². The second-order valence-electron chi connectivity index (χ2n) is 4.36. The maximum absolute atomic E-state index is 10.7. The van der Waals surface area contributed by atoms with Gasteiger partial charge in [0, 0.05) is 13.0 Å². The maximum Gasteiger partial charge on any atom is 0.129 e. The van der Waals surface area contributed by atoms with Crippen LogP contribution in [0.3, 0.4) is 0 Å². The fourth-order valence-corrected chi connectivity index (χ4v) is 1.69. The summed E-state index contributed by atoms with van der Waals surface area (Å²) < 4.78 is 5.56. The summed E-state index contributed by atoms with van der Waals surface area (Å²) in [5, 5.41) is 0. The summed E-state index contributed by atoms with van der Waals surface area (Å²) in [6.07, 6.45) is 4.84. The Balaban J connectivity index is 1.90. The van der Waals surface area contributed by atoms with Crippen LogP contribution in [0.1, 0.15) is 38.2 Å². The van der Waals surface area contributed by atoms with Gasteiger partial charge < -0.3 is 9.53 Å². The molecule has 0 spiro atoms.